The lowest BCUT2D eigenvalue weighted by Gasteiger charge is -2.04. The van der Waals surface area contributed by atoms with Crippen LogP contribution in [0.4, 0.5) is 5.82 Å². The number of nitrogens with one attached hydrogen (secondary N) is 1. The SMILES string of the molecule is CC.Cc1ccc(NS(=O)(=O)c2cnn(C)c2)nc1.[HH]. The lowest BCUT2D eigenvalue weighted by atomic mass is 10.3. The van der Waals surface area contributed by atoms with Gasteiger partial charge >= 0.3 is 0 Å². The van der Waals surface area contributed by atoms with Crippen LogP contribution >= 0.6 is 0 Å². The molecule has 6 nitrogen and oxygen atoms in total. The van der Waals surface area contributed by atoms with E-state index in [1.807, 2.05) is 20.8 Å². The van der Waals surface area contributed by atoms with E-state index in [1.165, 1.54) is 17.1 Å². The van der Waals surface area contributed by atoms with Gasteiger partial charge < -0.3 is 0 Å². The first-order valence-electron chi connectivity index (χ1n) is 5.91. The minimum absolute atomic E-state index is 0. The minimum atomic E-state index is -3.60. The van der Waals surface area contributed by atoms with Crippen LogP contribution < -0.4 is 4.72 Å². The van der Waals surface area contributed by atoms with Gasteiger partial charge in [0.25, 0.3) is 10.0 Å². The van der Waals surface area contributed by atoms with Gasteiger partial charge in [-0.2, -0.15) is 5.10 Å². The molecule has 0 spiro atoms. The second kappa shape index (κ2) is 6.33. The molecular weight excluding hydrogens is 264 g/mol. The molecule has 106 valence electrons. The fraction of sp³-hybridized carbons (Fsp3) is 0.333. The Bertz CT molecular complexity index is 623. The van der Waals surface area contributed by atoms with Crippen molar-refractivity contribution in [2.24, 2.45) is 7.05 Å². The van der Waals surface area contributed by atoms with Crippen LogP contribution in [-0.4, -0.2) is 23.2 Å². The molecule has 0 aliphatic rings. The van der Waals surface area contributed by atoms with Crippen LogP contribution in [0.2, 0.25) is 0 Å². The molecule has 0 aliphatic heterocycles. The van der Waals surface area contributed by atoms with E-state index in [0.29, 0.717) is 5.82 Å². The minimum Gasteiger partial charge on any atom is -0.274 e. The van der Waals surface area contributed by atoms with Crippen LogP contribution in [-0.2, 0) is 17.1 Å². The molecule has 0 unspecified atom stereocenters. The normalized spacial score (nSPS) is 10.5. The van der Waals surface area contributed by atoms with Crippen LogP contribution in [0.15, 0.2) is 35.6 Å². The van der Waals surface area contributed by atoms with E-state index >= 15 is 0 Å². The predicted octanol–water partition coefficient (Wildman–Crippen LogP) is 2.20. The molecule has 2 aromatic rings. The molecule has 2 aromatic heterocycles. The van der Waals surface area contributed by atoms with Crippen LogP contribution in [0, 0.1) is 6.92 Å². The Balaban J connectivity index is 0.00000115. The first-order valence-corrected chi connectivity index (χ1v) is 7.40. The topological polar surface area (TPSA) is 76.9 Å². The Morgan fingerprint density at radius 1 is 1.26 bits per heavy atom. The molecule has 0 aliphatic carbocycles. The summed E-state index contributed by atoms with van der Waals surface area (Å²) in [6.07, 6.45) is 4.31. The predicted molar refractivity (Wildman–Crippen MR) is 76.5 cm³/mol. The maximum atomic E-state index is 11.9. The highest BCUT2D eigenvalue weighted by Crippen LogP contribution is 2.13. The van der Waals surface area contributed by atoms with Gasteiger partial charge in [-0.3, -0.25) is 9.40 Å². The Morgan fingerprint density at radius 3 is 2.42 bits per heavy atom. The van der Waals surface area contributed by atoms with Gasteiger partial charge in [0, 0.05) is 20.9 Å². The molecule has 2 rings (SSSR count). The summed E-state index contributed by atoms with van der Waals surface area (Å²) in [5.41, 5.74) is 0.967. The summed E-state index contributed by atoms with van der Waals surface area (Å²) in [6, 6.07) is 3.40. The van der Waals surface area contributed by atoms with E-state index in [-0.39, 0.29) is 6.32 Å². The standard InChI is InChI=1S/C10H12N4O2S.C2H6.H2/c1-8-3-4-10(11-5-8)13-17(15,16)9-6-12-14(2)7-9;1-2;/h3-7H,1-2H3,(H,11,13);1-2H3;1H. The number of pyridine rings is 1. The number of aryl methyl sites for hydroxylation is 2. The second-order valence-electron chi connectivity index (χ2n) is 3.68. The molecule has 0 atom stereocenters. The van der Waals surface area contributed by atoms with Crippen LogP contribution in [0.1, 0.15) is 20.8 Å². The van der Waals surface area contributed by atoms with Gasteiger partial charge in [0.1, 0.15) is 10.7 Å². The van der Waals surface area contributed by atoms with Crippen LogP contribution in [0.5, 0.6) is 0 Å². The number of rotatable bonds is 3. The molecule has 19 heavy (non-hydrogen) atoms. The maximum Gasteiger partial charge on any atom is 0.266 e. The summed E-state index contributed by atoms with van der Waals surface area (Å²) in [5, 5.41) is 3.82. The molecule has 2 heterocycles. The molecule has 0 saturated heterocycles. The average Bonchev–Trinajstić information content (AvgIpc) is 2.82. The van der Waals surface area contributed by atoms with E-state index in [1.54, 1.807) is 25.4 Å². The van der Waals surface area contributed by atoms with Crippen molar-refractivity contribution in [1.82, 2.24) is 14.8 Å². The Morgan fingerprint density at radius 2 is 1.95 bits per heavy atom. The molecule has 1 N–H and O–H groups in total. The molecular formula is C12H20N4O2S. The molecule has 0 amide bonds. The summed E-state index contributed by atoms with van der Waals surface area (Å²) in [4.78, 5) is 4.09. The Kier molecular flexibility index (Phi) is 5.05. The van der Waals surface area contributed by atoms with Crippen molar-refractivity contribution in [3.8, 4) is 0 Å². The van der Waals surface area contributed by atoms with Crippen molar-refractivity contribution in [1.29, 1.82) is 0 Å². The fourth-order valence-electron chi connectivity index (χ4n) is 1.26. The highest BCUT2D eigenvalue weighted by Gasteiger charge is 2.16. The van der Waals surface area contributed by atoms with Crippen molar-refractivity contribution in [3.05, 3.63) is 36.3 Å². The lowest BCUT2D eigenvalue weighted by Crippen LogP contribution is -2.13. The molecule has 0 radical (unpaired) electrons. The monoisotopic (exact) mass is 284 g/mol. The Hall–Kier alpha value is -1.89. The zero-order valence-corrected chi connectivity index (χ0v) is 12.3. The highest BCUT2D eigenvalue weighted by atomic mass is 32.2. The highest BCUT2D eigenvalue weighted by molar-refractivity contribution is 7.92. The number of aromatic nitrogens is 3. The van der Waals surface area contributed by atoms with Crippen molar-refractivity contribution in [3.63, 3.8) is 0 Å². The fourth-order valence-corrected chi connectivity index (χ4v) is 2.25. The number of hydrogen-bond donors (Lipinski definition) is 1. The van der Waals surface area contributed by atoms with Gasteiger partial charge in [0.2, 0.25) is 0 Å². The Labute approximate surface area is 115 Å². The molecule has 0 fully saturated rings. The van der Waals surface area contributed by atoms with Gasteiger partial charge in [0.15, 0.2) is 0 Å². The largest absolute Gasteiger partial charge is 0.274 e. The number of nitrogens with zero attached hydrogens (tertiary/aromatic N) is 3. The number of sulfonamides is 1. The van der Waals surface area contributed by atoms with Crippen molar-refractivity contribution in [2.45, 2.75) is 25.7 Å². The summed E-state index contributed by atoms with van der Waals surface area (Å²) in [7, 11) is -1.95. The van der Waals surface area contributed by atoms with E-state index in [0.717, 1.165) is 5.56 Å². The lowest BCUT2D eigenvalue weighted by molar-refractivity contribution is 0.601. The van der Waals surface area contributed by atoms with Crippen molar-refractivity contribution >= 4 is 15.8 Å². The zero-order chi connectivity index (χ0) is 14.5. The third-order valence-electron chi connectivity index (χ3n) is 2.14. The van der Waals surface area contributed by atoms with E-state index in [4.69, 9.17) is 0 Å². The zero-order valence-electron chi connectivity index (χ0n) is 11.5. The van der Waals surface area contributed by atoms with Crippen LogP contribution in [0.3, 0.4) is 0 Å². The number of anilines is 1. The third kappa shape index (κ3) is 4.06. The number of hydrogen-bond acceptors (Lipinski definition) is 4. The van der Waals surface area contributed by atoms with E-state index in [9.17, 15) is 8.42 Å². The quantitative estimate of drug-likeness (QED) is 0.937. The van der Waals surface area contributed by atoms with E-state index < -0.39 is 10.0 Å². The first kappa shape index (κ1) is 15.2. The van der Waals surface area contributed by atoms with Gasteiger partial charge in [-0.15, -0.1) is 0 Å². The third-order valence-corrected chi connectivity index (χ3v) is 3.45. The first-order chi connectivity index (χ1) is 8.97. The van der Waals surface area contributed by atoms with Crippen molar-refractivity contribution < 1.29 is 9.84 Å². The smallest absolute Gasteiger partial charge is 0.266 e. The van der Waals surface area contributed by atoms with Crippen LogP contribution in [0.25, 0.3) is 0 Å². The maximum absolute atomic E-state index is 11.9. The van der Waals surface area contributed by atoms with Crippen molar-refractivity contribution in [2.75, 3.05) is 4.72 Å². The summed E-state index contributed by atoms with van der Waals surface area (Å²) in [5.74, 6) is 0.291. The van der Waals surface area contributed by atoms with Gasteiger partial charge in [-0.05, 0) is 18.6 Å². The average molecular weight is 284 g/mol. The summed E-state index contributed by atoms with van der Waals surface area (Å²) in [6.45, 7) is 5.88. The van der Waals surface area contributed by atoms with Gasteiger partial charge in [-0.1, -0.05) is 19.9 Å². The molecule has 0 aromatic carbocycles. The van der Waals surface area contributed by atoms with Gasteiger partial charge in [0.05, 0.1) is 6.20 Å². The molecule has 0 saturated carbocycles. The molecule has 0 bridgehead atoms. The second-order valence-corrected chi connectivity index (χ2v) is 5.36. The summed E-state index contributed by atoms with van der Waals surface area (Å²) < 4.78 is 27.6. The van der Waals surface area contributed by atoms with Gasteiger partial charge in [-0.25, -0.2) is 13.4 Å². The molecule has 7 heteroatoms. The van der Waals surface area contributed by atoms with E-state index in [2.05, 4.69) is 14.8 Å². The summed E-state index contributed by atoms with van der Waals surface area (Å²) >= 11 is 0.